The van der Waals surface area contributed by atoms with Gasteiger partial charge in [0.15, 0.2) is 0 Å². The minimum absolute atomic E-state index is 0.179. The number of unbranched alkanes of at least 4 members (excludes halogenated alkanes) is 20. The van der Waals surface area contributed by atoms with E-state index in [9.17, 15) is 19.2 Å². The van der Waals surface area contributed by atoms with Crippen molar-refractivity contribution in [2.24, 2.45) is 0 Å². The fraction of sp³-hybridized carbons (Fsp3) is 0.500. The molecule has 0 unspecified atom stereocenters. The standard InChI is InChI=1S/C72H96N6O4S6/c1-5-9-13-15-17-19-21-23-25-33-47-73-67(81)59(51-53-35-29-27-30-36-53)75-65(79)57-43-39-55(40-44-57)61-63-64(86-71(85-63)72-87-69(83-49-11-7-3)70(88-72)84-50-12-8-4)62(78-77-61)56-41-45-58(46-42-56)66(80)76-60(52-54-37-31-28-32-38-54)68(82)74-48-34-26-24-22-20-18-16-14-10-6-2/h27-32,35-46,59-60H,5-26,33-34,47-52H2,1-4H3,(H,73,81)(H,74,82)(H,75,79)(H,76,80)/t59-,60-/m0/s1. The highest BCUT2D eigenvalue weighted by atomic mass is 32.3. The van der Waals surface area contributed by atoms with Crippen molar-refractivity contribution in [1.82, 2.24) is 31.5 Å². The van der Waals surface area contributed by atoms with Gasteiger partial charge in [-0.25, -0.2) is 0 Å². The monoisotopic (exact) mass is 1300 g/mol. The van der Waals surface area contributed by atoms with Crippen LogP contribution in [0, 0.1) is 0 Å². The number of rotatable bonds is 42. The summed E-state index contributed by atoms with van der Waals surface area (Å²) in [5.74, 6) is 1.18. The molecular formula is C72H96N6O4S6. The van der Waals surface area contributed by atoms with Crippen LogP contribution < -0.4 is 21.3 Å². The van der Waals surface area contributed by atoms with Gasteiger partial charge in [-0.2, -0.15) is 0 Å². The number of amides is 4. The van der Waals surface area contributed by atoms with Crippen LogP contribution in [0.15, 0.2) is 136 Å². The number of benzene rings is 4. The lowest BCUT2D eigenvalue weighted by molar-refractivity contribution is -0.123. The molecule has 4 N–H and O–H groups in total. The van der Waals surface area contributed by atoms with Crippen LogP contribution in [0.5, 0.6) is 0 Å². The number of hydrogen-bond acceptors (Lipinski definition) is 12. The highest BCUT2D eigenvalue weighted by molar-refractivity contribution is 8.42. The van der Waals surface area contributed by atoms with E-state index in [0.29, 0.717) is 37.1 Å². The predicted octanol–water partition coefficient (Wildman–Crippen LogP) is 19.6. The molecule has 0 aliphatic carbocycles. The largest absolute Gasteiger partial charge is 0.354 e. The van der Waals surface area contributed by atoms with Gasteiger partial charge in [-0.05, 0) is 72.6 Å². The molecule has 2 aliphatic heterocycles. The van der Waals surface area contributed by atoms with Crippen molar-refractivity contribution < 1.29 is 19.2 Å². The minimum atomic E-state index is -0.744. The lowest BCUT2D eigenvalue weighted by Gasteiger charge is -2.19. The van der Waals surface area contributed by atoms with Crippen LogP contribution in [-0.4, -0.2) is 70.5 Å². The summed E-state index contributed by atoms with van der Waals surface area (Å²) in [5, 5.41) is 22.3. The molecule has 0 saturated heterocycles. The zero-order chi connectivity index (χ0) is 62.0. The lowest BCUT2D eigenvalue weighted by atomic mass is 10.0. The van der Waals surface area contributed by atoms with E-state index in [1.54, 1.807) is 23.5 Å². The molecule has 4 aromatic carbocycles. The van der Waals surface area contributed by atoms with Crippen molar-refractivity contribution in [3.05, 3.63) is 148 Å². The normalized spacial score (nSPS) is 13.6. The summed E-state index contributed by atoms with van der Waals surface area (Å²) in [7, 11) is 0. The first kappa shape index (κ1) is 70.9. The van der Waals surface area contributed by atoms with Crippen LogP contribution in [0.25, 0.3) is 22.5 Å². The second kappa shape index (κ2) is 41.0. The van der Waals surface area contributed by atoms with Gasteiger partial charge in [0.05, 0.1) is 26.7 Å². The Bertz CT molecular complexity index is 2780. The van der Waals surface area contributed by atoms with E-state index in [1.165, 1.54) is 133 Å². The highest BCUT2D eigenvalue weighted by Crippen LogP contribution is 2.66. The summed E-state index contributed by atoms with van der Waals surface area (Å²) in [6, 6.07) is 33.1. The number of thioether (sulfide) groups is 6. The van der Waals surface area contributed by atoms with Crippen LogP contribution in [-0.2, 0) is 22.4 Å². The number of nitrogens with one attached hydrogen (secondary N) is 4. The number of nitrogens with zero attached hydrogens (tertiary/aromatic N) is 2. The zero-order valence-electron chi connectivity index (χ0n) is 52.7. The summed E-state index contributed by atoms with van der Waals surface area (Å²) in [4.78, 5) is 57.7. The van der Waals surface area contributed by atoms with E-state index in [1.807, 2.05) is 156 Å². The quantitative estimate of drug-likeness (QED) is 0.0276. The Hall–Kier alpha value is -4.58. The van der Waals surface area contributed by atoms with E-state index in [2.05, 4.69) is 49.0 Å². The van der Waals surface area contributed by atoms with Crippen molar-refractivity contribution in [3.8, 4) is 22.5 Å². The molecule has 16 heteroatoms. The maximum absolute atomic E-state index is 14.1. The first-order valence-corrected chi connectivity index (χ1v) is 38.2. The summed E-state index contributed by atoms with van der Waals surface area (Å²) in [6.45, 7) is 10.2. The third-order valence-electron chi connectivity index (χ3n) is 15.8. The van der Waals surface area contributed by atoms with Gasteiger partial charge in [0.25, 0.3) is 11.8 Å². The molecule has 0 fully saturated rings. The molecule has 2 atom stereocenters. The second-order valence-electron chi connectivity index (χ2n) is 23.0. The van der Waals surface area contributed by atoms with E-state index in [0.717, 1.165) is 93.5 Å². The minimum Gasteiger partial charge on any atom is -0.354 e. The van der Waals surface area contributed by atoms with E-state index in [4.69, 9.17) is 10.2 Å². The molecule has 0 bridgehead atoms. The van der Waals surface area contributed by atoms with Gasteiger partial charge in [-0.1, -0.05) is 288 Å². The number of fused-ring (bicyclic) bond motifs is 1. The van der Waals surface area contributed by atoms with Gasteiger partial charge in [-0.3, -0.25) is 19.2 Å². The van der Waals surface area contributed by atoms with Gasteiger partial charge in [-0.15, -0.1) is 33.7 Å². The maximum Gasteiger partial charge on any atom is 0.251 e. The Morgan fingerprint density at radius 3 is 1.08 bits per heavy atom. The predicted molar refractivity (Wildman–Crippen MR) is 381 cm³/mol. The second-order valence-corrected chi connectivity index (χ2v) is 30.4. The average molecular weight is 1300 g/mol. The summed E-state index contributed by atoms with van der Waals surface area (Å²) in [6.07, 6.45) is 29.8. The smallest absolute Gasteiger partial charge is 0.251 e. The fourth-order valence-electron chi connectivity index (χ4n) is 10.5. The third kappa shape index (κ3) is 23.9. The topological polar surface area (TPSA) is 142 Å². The molecule has 3 heterocycles. The molecule has 0 saturated carbocycles. The molecule has 4 amide bonds. The molecule has 7 rings (SSSR count). The van der Waals surface area contributed by atoms with Gasteiger partial charge in [0.1, 0.15) is 23.5 Å². The van der Waals surface area contributed by atoms with Crippen molar-refractivity contribution in [2.45, 2.75) is 217 Å². The van der Waals surface area contributed by atoms with Crippen LogP contribution in [0.3, 0.4) is 0 Å². The van der Waals surface area contributed by atoms with Crippen molar-refractivity contribution >= 4 is 94.2 Å². The molecule has 10 nitrogen and oxygen atoms in total. The Kier molecular flexibility index (Phi) is 33.0. The van der Waals surface area contributed by atoms with E-state index < -0.39 is 12.1 Å². The first-order chi connectivity index (χ1) is 43.2. The summed E-state index contributed by atoms with van der Waals surface area (Å²) >= 11 is 11.1. The van der Waals surface area contributed by atoms with Crippen LogP contribution in [0.1, 0.15) is 214 Å². The Morgan fingerprint density at radius 1 is 0.398 bits per heavy atom. The Balaban J connectivity index is 1.06. The van der Waals surface area contributed by atoms with Gasteiger partial charge in [0, 0.05) is 48.2 Å². The number of carbonyl (C=O) groups is 4. The summed E-state index contributed by atoms with van der Waals surface area (Å²) < 4.78 is 5.21. The molecule has 0 radical (unpaired) electrons. The zero-order valence-corrected chi connectivity index (χ0v) is 57.6. The molecule has 5 aromatic rings. The van der Waals surface area contributed by atoms with E-state index in [-0.39, 0.29) is 23.6 Å². The number of carbonyl (C=O) groups excluding carboxylic acids is 4. The molecule has 1 aromatic heterocycles. The van der Waals surface area contributed by atoms with Gasteiger partial charge >= 0.3 is 0 Å². The van der Waals surface area contributed by atoms with Crippen LogP contribution in [0.4, 0.5) is 0 Å². The fourth-order valence-corrected chi connectivity index (χ4v) is 19.6. The van der Waals surface area contributed by atoms with Crippen molar-refractivity contribution in [1.29, 1.82) is 0 Å². The molecule has 0 spiro atoms. The highest BCUT2D eigenvalue weighted by Gasteiger charge is 2.34. The number of aromatic nitrogens is 2. The van der Waals surface area contributed by atoms with Crippen LogP contribution >= 0.6 is 70.6 Å². The molecule has 88 heavy (non-hydrogen) atoms. The van der Waals surface area contributed by atoms with Gasteiger partial charge < -0.3 is 21.3 Å². The molecule has 2 aliphatic rings. The number of hydrogen-bond donors (Lipinski definition) is 4. The van der Waals surface area contributed by atoms with Gasteiger partial charge in [0.2, 0.25) is 11.8 Å². The Morgan fingerprint density at radius 2 is 0.727 bits per heavy atom. The molecule has 474 valence electrons. The SMILES string of the molecule is CCCCCCCCCCCCNC(=O)[C@H](Cc1ccccc1)NC(=O)c1ccc(-c2nnc(-c3ccc(C(=O)N[C@@H](Cc4ccccc4)C(=O)NCCCCCCCCCCCC)cc3)c3c2SC(=C2SC(SCCCC)=C(SCCCC)S2)S3)cc1. The van der Waals surface area contributed by atoms with Crippen LogP contribution in [0.2, 0.25) is 0 Å². The Labute approximate surface area is 552 Å². The maximum atomic E-state index is 14.1. The third-order valence-corrected chi connectivity index (χ3v) is 24.6. The van der Waals surface area contributed by atoms with Crippen molar-refractivity contribution in [2.75, 3.05) is 24.6 Å². The lowest BCUT2D eigenvalue weighted by Crippen LogP contribution is -2.48. The average Bonchev–Trinajstić information content (AvgIpc) is 1.76. The van der Waals surface area contributed by atoms with E-state index >= 15 is 0 Å². The van der Waals surface area contributed by atoms with Crippen molar-refractivity contribution in [3.63, 3.8) is 0 Å². The molecular weight excluding hydrogens is 1210 g/mol. The summed E-state index contributed by atoms with van der Waals surface area (Å²) in [5.41, 5.74) is 5.92. The first-order valence-electron chi connectivity index (χ1n) is 33.0.